The minimum Gasteiger partial charge on any atom is -0.456 e. The summed E-state index contributed by atoms with van der Waals surface area (Å²) in [6.45, 7) is 4.78. The van der Waals surface area contributed by atoms with Gasteiger partial charge in [0.05, 0.1) is 0 Å². The first-order valence-corrected chi connectivity index (χ1v) is 8.72. The van der Waals surface area contributed by atoms with Crippen molar-refractivity contribution in [3.63, 3.8) is 0 Å². The zero-order chi connectivity index (χ0) is 18.7. The molecule has 2 amide bonds. The number of amides is 2. The molecule has 0 saturated heterocycles. The first-order chi connectivity index (χ1) is 11.9. The van der Waals surface area contributed by atoms with E-state index >= 15 is 0 Å². The van der Waals surface area contributed by atoms with Crippen LogP contribution in [0.1, 0.15) is 43.5 Å². The molecule has 0 radical (unpaired) electrons. The molecule has 0 aliphatic rings. The second kappa shape index (κ2) is 11.5. The van der Waals surface area contributed by atoms with E-state index in [1.807, 2.05) is 0 Å². The summed E-state index contributed by atoms with van der Waals surface area (Å²) in [5.41, 5.74) is 0.505. The third-order valence-corrected chi connectivity index (χ3v) is 3.61. The van der Waals surface area contributed by atoms with E-state index in [4.69, 9.17) is 16.3 Å². The van der Waals surface area contributed by atoms with Crippen LogP contribution in [0.15, 0.2) is 24.3 Å². The van der Waals surface area contributed by atoms with Gasteiger partial charge in [0.2, 0.25) is 0 Å². The number of carbonyl (C=O) groups excluding carboxylic acids is 3. The second-order valence-corrected chi connectivity index (χ2v) is 6.50. The van der Waals surface area contributed by atoms with Gasteiger partial charge in [-0.1, -0.05) is 25.4 Å². The summed E-state index contributed by atoms with van der Waals surface area (Å²) in [7, 11) is 0. The topological polar surface area (TPSA) is 84.5 Å². The first-order valence-electron chi connectivity index (χ1n) is 8.34. The molecule has 0 aliphatic heterocycles. The Morgan fingerprint density at radius 2 is 1.76 bits per heavy atom. The maximum absolute atomic E-state index is 11.8. The summed E-state index contributed by atoms with van der Waals surface area (Å²) in [6, 6.07) is 6.54. The molecule has 0 atom stereocenters. The minimum atomic E-state index is -0.459. The second-order valence-electron chi connectivity index (χ2n) is 6.06. The third-order valence-electron chi connectivity index (χ3n) is 3.36. The Morgan fingerprint density at radius 1 is 1.08 bits per heavy atom. The van der Waals surface area contributed by atoms with E-state index in [2.05, 4.69) is 24.5 Å². The average Bonchev–Trinajstić information content (AvgIpc) is 2.57. The van der Waals surface area contributed by atoms with Crippen molar-refractivity contribution in [2.24, 2.45) is 5.92 Å². The van der Waals surface area contributed by atoms with Crippen LogP contribution in [0.2, 0.25) is 5.02 Å². The molecule has 0 aromatic heterocycles. The van der Waals surface area contributed by atoms with E-state index in [1.54, 1.807) is 24.3 Å². The molecular formula is C18H25ClN2O4. The smallest absolute Gasteiger partial charge is 0.306 e. The quantitative estimate of drug-likeness (QED) is 0.491. The Hall–Kier alpha value is -2.08. The number of esters is 1. The maximum Gasteiger partial charge on any atom is 0.306 e. The fourth-order valence-corrected chi connectivity index (χ4v) is 2.03. The molecule has 1 aromatic carbocycles. The fraction of sp³-hybridized carbons (Fsp3) is 0.500. The molecule has 0 heterocycles. The molecule has 6 nitrogen and oxygen atoms in total. The SMILES string of the molecule is CC(C)CCNC(=O)COC(=O)CCCNC(=O)c1ccc(Cl)cc1. The van der Waals surface area contributed by atoms with Crippen LogP contribution in [-0.4, -0.2) is 37.5 Å². The number of benzene rings is 1. The Balaban J connectivity index is 2.11. The normalized spacial score (nSPS) is 10.4. The summed E-state index contributed by atoms with van der Waals surface area (Å²) in [5.74, 6) is -0.481. The van der Waals surface area contributed by atoms with Crippen LogP contribution in [0.5, 0.6) is 0 Å². The monoisotopic (exact) mass is 368 g/mol. The number of ether oxygens (including phenoxy) is 1. The van der Waals surface area contributed by atoms with Crippen molar-refractivity contribution in [2.75, 3.05) is 19.7 Å². The van der Waals surface area contributed by atoms with Crippen molar-refractivity contribution < 1.29 is 19.1 Å². The zero-order valence-corrected chi connectivity index (χ0v) is 15.4. The molecular weight excluding hydrogens is 344 g/mol. The number of rotatable bonds is 10. The van der Waals surface area contributed by atoms with Gasteiger partial charge in [-0.2, -0.15) is 0 Å². The van der Waals surface area contributed by atoms with Gasteiger partial charge in [-0.3, -0.25) is 14.4 Å². The van der Waals surface area contributed by atoms with Gasteiger partial charge in [-0.25, -0.2) is 0 Å². The van der Waals surface area contributed by atoms with Gasteiger partial charge < -0.3 is 15.4 Å². The number of nitrogens with one attached hydrogen (secondary N) is 2. The first kappa shape index (κ1) is 21.0. The molecule has 0 aliphatic carbocycles. The van der Waals surface area contributed by atoms with Crippen molar-refractivity contribution in [3.05, 3.63) is 34.9 Å². The van der Waals surface area contributed by atoms with Gasteiger partial charge in [0.25, 0.3) is 11.8 Å². The highest BCUT2D eigenvalue weighted by Crippen LogP contribution is 2.09. The van der Waals surface area contributed by atoms with Gasteiger partial charge in [0.1, 0.15) is 0 Å². The summed E-state index contributed by atoms with van der Waals surface area (Å²) in [4.78, 5) is 34.9. The predicted octanol–water partition coefficient (Wildman–Crippen LogP) is 2.56. The Morgan fingerprint density at radius 3 is 2.40 bits per heavy atom. The summed E-state index contributed by atoms with van der Waals surface area (Å²) in [5, 5.41) is 5.96. The largest absolute Gasteiger partial charge is 0.456 e. The highest BCUT2D eigenvalue weighted by Gasteiger charge is 2.09. The van der Waals surface area contributed by atoms with E-state index in [1.165, 1.54) is 0 Å². The molecule has 0 saturated carbocycles. The lowest BCUT2D eigenvalue weighted by Gasteiger charge is -2.08. The van der Waals surface area contributed by atoms with E-state index in [0.29, 0.717) is 36.0 Å². The van der Waals surface area contributed by atoms with E-state index in [0.717, 1.165) is 6.42 Å². The molecule has 1 aromatic rings. The lowest BCUT2D eigenvalue weighted by atomic mass is 10.1. The molecule has 0 fully saturated rings. The standard InChI is InChI=1S/C18H25ClN2O4/c1-13(2)9-11-20-16(22)12-25-17(23)4-3-10-21-18(24)14-5-7-15(19)8-6-14/h5-8,13H,3-4,9-12H2,1-2H3,(H,20,22)(H,21,24). The highest BCUT2D eigenvalue weighted by atomic mass is 35.5. The third kappa shape index (κ3) is 9.72. The molecule has 0 bridgehead atoms. The van der Waals surface area contributed by atoms with Crippen molar-refractivity contribution in [1.82, 2.24) is 10.6 Å². The van der Waals surface area contributed by atoms with E-state index < -0.39 is 5.97 Å². The van der Waals surface area contributed by atoms with Gasteiger partial charge in [0, 0.05) is 30.1 Å². The summed E-state index contributed by atoms with van der Waals surface area (Å²) < 4.78 is 4.89. The molecule has 138 valence electrons. The average molecular weight is 369 g/mol. The van der Waals surface area contributed by atoms with Crippen molar-refractivity contribution >= 4 is 29.4 Å². The summed E-state index contributed by atoms with van der Waals surface area (Å²) in [6.07, 6.45) is 1.46. The number of hydrogen-bond acceptors (Lipinski definition) is 4. The van der Waals surface area contributed by atoms with Crippen LogP contribution >= 0.6 is 11.6 Å². The molecule has 2 N–H and O–H groups in total. The maximum atomic E-state index is 11.8. The lowest BCUT2D eigenvalue weighted by molar-refractivity contribution is -0.148. The van der Waals surface area contributed by atoms with E-state index in [9.17, 15) is 14.4 Å². The van der Waals surface area contributed by atoms with Crippen LogP contribution in [0.3, 0.4) is 0 Å². The lowest BCUT2D eigenvalue weighted by Crippen LogP contribution is -2.30. The van der Waals surface area contributed by atoms with Crippen LogP contribution in [0.25, 0.3) is 0 Å². The van der Waals surface area contributed by atoms with Gasteiger partial charge in [-0.05, 0) is 43.0 Å². The number of halogens is 1. The summed E-state index contributed by atoms with van der Waals surface area (Å²) >= 11 is 5.76. The number of hydrogen-bond donors (Lipinski definition) is 2. The molecule has 0 unspecified atom stereocenters. The zero-order valence-electron chi connectivity index (χ0n) is 14.6. The van der Waals surface area contributed by atoms with Gasteiger partial charge >= 0.3 is 5.97 Å². The molecule has 25 heavy (non-hydrogen) atoms. The fourth-order valence-electron chi connectivity index (χ4n) is 1.91. The highest BCUT2D eigenvalue weighted by molar-refractivity contribution is 6.30. The van der Waals surface area contributed by atoms with Crippen LogP contribution in [0.4, 0.5) is 0 Å². The van der Waals surface area contributed by atoms with Crippen LogP contribution in [-0.2, 0) is 14.3 Å². The Bertz CT molecular complexity index is 573. The van der Waals surface area contributed by atoms with E-state index in [-0.39, 0.29) is 24.8 Å². The minimum absolute atomic E-state index is 0.139. The Kier molecular flexibility index (Phi) is 9.62. The van der Waals surface area contributed by atoms with Crippen LogP contribution < -0.4 is 10.6 Å². The Labute approximate surface area is 153 Å². The molecule has 1 rings (SSSR count). The van der Waals surface area contributed by atoms with Crippen molar-refractivity contribution in [1.29, 1.82) is 0 Å². The predicted molar refractivity (Wildman–Crippen MR) is 96.4 cm³/mol. The van der Waals surface area contributed by atoms with Crippen molar-refractivity contribution in [3.8, 4) is 0 Å². The molecule has 7 heteroatoms. The van der Waals surface area contributed by atoms with Gasteiger partial charge in [-0.15, -0.1) is 0 Å². The van der Waals surface area contributed by atoms with Crippen LogP contribution in [0, 0.1) is 5.92 Å². The van der Waals surface area contributed by atoms with Crippen molar-refractivity contribution in [2.45, 2.75) is 33.1 Å². The molecule has 0 spiro atoms. The number of carbonyl (C=O) groups is 3. The van der Waals surface area contributed by atoms with Gasteiger partial charge in [0.15, 0.2) is 6.61 Å².